The van der Waals surface area contributed by atoms with Crippen LogP contribution in [-0.4, -0.2) is 24.0 Å². The Kier molecular flexibility index (Phi) is 5.23. The maximum atomic E-state index is 12.2. The summed E-state index contributed by atoms with van der Waals surface area (Å²) in [5.74, 6) is 1.08. The van der Waals surface area contributed by atoms with Crippen molar-refractivity contribution in [3.05, 3.63) is 4.88 Å². The molecule has 1 aliphatic carbocycles. The van der Waals surface area contributed by atoms with Gasteiger partial charge in [0, 0.05) is 13.1 Å². The molecule has 2 rings (SSSR count). The van der Waals surface area contributed by atoms with E-state index in [1.165, 1.54) is 37.0 Å². The Morgan fingerprint density at radius 1 is 1.40 bits per heavy atom. The van der Waals surface area contributed by atoms with Crippen molar-refractivity contribution < 1.29 is 4.79 Å². The molecule has 112 valence electrons. The van der Waals surface area contributed by atoms with E-state index in [9.17, 15) is 4.79 Å². The lowest BCUT2D eigenvalue weighted by atomic mass is 9.83. The zero-order valence-electron chi connectivity index (χ0n) is 12.2. The molecule has 1 aromatic rings. The summed E-state index contributed by atoms with van der Waals surface area (Å²) in [5, 5.41) is 6.69. The van der Waals surface area contributed by atoms with Crippen molar-refractivity contribution in [2.45, 2.75) is 51.5 Å². The van der Waals surface area contributed by atoms with Crippen LogP contribution in [0.3, 0.4) is 0 Å². The minimum atomic E-state index is -0.0829. The van der Waals surface area contributed by atoms with Crippen LogP contribution in [0.5, 0.6) is 0 Å². The van der Waals surface area contributed by atoms with Gasteiger partial charge < -0.3 is 16.4 Å². The Bertz CT molecular complexity index is 452. The number of thiazole rings is 1. The van der Waals surface area contributed by atoms with Crippen LogP contribution in [0.2, 0.25) is 0 Å². The molecule has 1 amide bonds. The van der Waals surface area contributed by atoms with Gasteiger partial charge in [-0.3, -0.25) is 4.79 Å². The molecule has 1 saturated carbocycles. The number of carbonyl (C=O) groups is 1. The van der Waals surface area contributed by atoms with Crippen molar-refractivity contribution >= 4 is 28.2 Å². The highest BCUT2D eigenvalue weighted by atomic mass is 32.1. The number of aromatic nitrogens is 1. The lowest BCUT2D eigenvalue weighted by Crippen LogP contribution is -2.37. The number of nitrogens with two attached hydrogens (primary N) is 1. The van der Waals surface area contributed by atoms with E-state index in [2.05, 4.69) is 22.5 Å². The van der Waals surface area contributed by atoms with E-state index in [0.29, 0.717) is 15.8 Å². The van der Waals surface area contributed by atoms with Crippen molar-refractivity contribution in [3.63, 3.8) is 0 Å². The number of rotatable bonds is 5. The standard InChI is InChI=1S/C14H24N4OS/c1-3-4-9-5-7-10(8-6-9)17-13(19)11-12(15)18-14(16-2)20-11/h9-10H,3-8,15H2,1-2H3,(H,16,18)(H,17,19). The maximum Gasteiger partial charge on any atom is 0.265 e. The molecule has 1 fully saturated rings. The summed E-state index contributed by atoms with van der Waals surface area (Å²) in [6.45, 7) is 2.24. The molecule has 6 heteroatoms. The largest absolute Gasteiger partial charge is 0.382 e. The smallest absolute Gasteiger partial charge is 0.265 e. The Hall–Kier alpha value is -1.30. The van der Waals surface area contributed by atoms with E-state index >= 15 is 0 Å². The molecule has 0 saturated heterocycles. The van der Waals surface area contributed by atoms with Crippen LogP contribution in [0.4, 0.5) is 10.9 Å². The van der Waals surface area contributed by atoms with Crippen LogP contribution in [0.15, 0.2) is 0 Å². The summed E-state index contributed by atoms with van der Waals surface area (Å²) < 4.78 is 0. The fourth-order valence-corrected chi connectivity index (χ4v) is 3.60. The first kappa shape index (κ1) is 15.1. The predicted octanol–water partition coefficient (Wildman–Crippen LogP) is 2.86. The molecule has 0 radical (unpaired) electrons. The SMILES string of the molecule is CCCC1CCC(NC(=O)c2sc(NC)nc2N)CC1. The van der Waals surface area contributed by atoms with Gasteiger partial charge in [-0.05, 0) is 31.6 Å². The quantitative estimate of drug-likeness (QED) is 0.780. The van der Waals surface area contributed by atoms with E-state index in [1.807, 2.05) is 0 Å². The van der Waals surface area contributed by atoms with E-state index < -0.39 is 0 Å². The number of anilines is 2. The average Bonchev–Trinajstić information content (AvgIpc) is 2.83. The highest BCUT2D eigenvalue weighted by molar-refractivity contribution is 7.18. The fraction of sp³-hybridized carbons (Fsp3) is 0.714. The van der Waals surface area contributed by atoms with Crippen LogP contribution in [0.1, 0.15) is 55.1 Å². The minimum absolute atomic E-state index is 0.0829. The molecule has 4 N–H and O–H groups in total. The third kappa shape index (κ3) is 3.62. The highest BCUT2D eigenvalue weighted by Gasteiger charge is 2.24. The number of hydrogen-bond donors (Lipinski definition) is 3. The number of nitrogen functional groups attached to an aromatic ring is 1. The van der Waals surface area contributed by atoms with Crippen molar-refractivity contribution in [1.82, 2.24) is 10.3 Å². The number of hydrogen-bond acceptors (Lipinski definition) is 5. The van der Waals surface area contributed by atoms with Gasteiger partial charge in [0.1, 0.15) is 10.7 Å². The Labute approximate surface area is 124 Å². The third-order valence-electron chi connectivity index (χ3n) is 3.95. The second kappa shape index (κ2) is 6.92. The van der Waals surface area contributed by atoms with Crippen molar-refractivity contribution in [1.29, 1.82) is 0 Å². The van der Waals surface area contributed by atoms with Crippen LogP contribution >= 0.6 is 11.3 Å². The lowest BCUT2D eigenvalue weighted by molar-refractivity contribution is 0.0926. The number of amides is 1. The second-order valence-electron chi connectivity index (χ2n) is 5.46. The maximum absolute atomic E-state index is 12.2. The van der Waals surface area contributed by atoms with Gasteiger partial charge in [-0.15, -0.1) is 0 Å². The molecule has 0 aliphatic heterocycles. The molecule has 5 nitrogen and oxygen atoms in total. The number of carbonyl (C=O) groups excluding carboxylic acids is 1. The molecule has 20 heavy (non-hydrogen) atoms. The van der Waals surface area contributed by atoms with Gasteiger partial charge in [0.05, 0.1) is 0 Å². The lowest BCUT2D eigenvalue weighted by Gasteiger charge is -2.28. The molecule has 1 aliphatic rings. The first-order chi connectivity index (χ1) is 9.63. The summed E-state index contributed by atoms with van der Waals surface area (Å²) >= 11 is 1.31. The fourth-order valence-electron chi connectivity index (χ4n) is 2.86. The summed E-state index contributed by atoms with van der Waals surface area (Å²) in [6.07, 6.45) is 7.17. The van der Waals surface area contributed by atoms with Crippen molar-refractivity contribution in [2.75, 3.05) is 18.1 Å². The van der Waals surface area contributed by atoms with Crippen LogP contribution < -0.4 is 16.4 Å². The zero-order chi connectivity index (χ0) is 14.5. The van der Waals surface area contributed by atoms with E-state index in [-0.39, 0.29) is 11.9 Å². The van der Waals surface area contributed by atoms with Gasteiger partial charge in [-0.1, -0.05) is 31.1 Å². The summed E-state index contributed by atoms with van der Waals surface area (Å²) in [5.41, 5.74) is 5.78. The van der Waals surface area contributed by atoms with Crippen LogP contribution in [0, 0.1) is 5.92 Å². The van der Waals surface area contributed by atoms with Gasteiger partial charge in [-0.25, -0.2) is 4.98 Å². The summed E-state index contributed by atoms with van der Waals surface area (Å²) in [7, 11) is 1.77. The molecule has 0 unspecified atom stereocenters. The summed E-state index contributed by atoms with van der Waals surface area (Å²) in [6, 6.07) is 0.287. The topological polar surface area (TPSA) is 80.0 Å². The minimum Gasteiger partial charge on any atom is -0.382 e. The average molecular weight is 296 g/mol. The highest BCUT2D eigenvalue weighted by Crippen LogP contribution is 2.29. The molecule has 0 aromatic carbocycles. The molecule has 1 aromatic heterocycles. The van der Waals surface area contributed by atoms with E-state index in [1.54, 1.807) is 7.05 Å². The van der Waals surface area contributed by atoms with Crippen LogP contribution in [0.25, 0.3) is 0 Å². The second-order valence-corrected chi connectivity index (χ2v) is 6.46. The molecule has 1 heterocycles. The Morgan fingerprint density at radius 2 is 2.10 bits per heavy atom. The Balaban J connectivity index is 1.87. The first-order valence-electron chi connectivity index (χ1n) is 7.39. The van der Waals surface area contributed by atoms with Gasteiger partial charge in [0.15, 0.2) is 5.13 Å². The normalized spacial score (nSPS) is 22.5. The predicted molar refractivity (Wildman–Crippen MR) is 84.2 cm³/mol. The van der Waals surface area contributed by atoms with E-state index in [4.69, 9.17) is 5.73 Å². The van der Waals surface area contributed by atoms with Gasteiger partial charge >= 0.3 is 0 Å². The van der Waals surface area contributed by atoms with E-state index in [0.717, 1.165) is 18.8 Å². The van der Waals surface area contributed by atoms with Crippen molar-refractivity contribution in [2.24, 2.45) is 5.92 Å². The molecule has 0 atom stereocenters. The third-order valence-corrected chi connectivity index (χ3v) is 5.04. The Morgan fingerprint density at radius 3 is 2.65 bits per heavy atom. The number of nitrogens with zero attached hydrogens (tertiary/aromatic N) is 1. The van der Waals surface area contributed by atoms with Gasteiger partial charge in [-0.2, -0.15) is 0 Å². The molecular formula is C14H24N4OS. The molecule has 0 spiro atoms. The van der Waals surface area contributed by atoms with Gasteiger partial charge in [0.25, 0.3) is 5.91 Å². The first-order valence-corrected chi connectivity index (χ1v) is 8.20. The molecule has 0 bridgehead atoms. The van der Waals surface area contributed by atoms with Crippen LogP contribution in [-0.2, 0) is 0 Å². The zero-order valence-corrected chi connectivity index (χ0v) is 13.1. The number of nitrogens with one attached hydrogen (secondary N) is 2. The van der Waals surface area contributed by atoms with Gasteiger partial charge in [0.2, 0.25) is 0 Å². The monoisotopic (exact) mass is 296 g/mol. The molecular weight excluding hydrogens is 272 g/mol. The van der Waals surface area contributed by atoms with Crippen molar-refractivity contribution in [3.8, 4) is 0 Å². The summed E-state index contributed by atoms with van der Waals surface area (Å²) in [4.78, 5) is 16.8.